The van der Waals surface area contributed by atoms with Crippen LogP contribution in [0.25, 0.3) is 0 Å². The number of amides is 1. The molecule has 0 bridgehead atoms. The molecular formula is C15H19NO2. The van der Waals surface area contributed by atoms with Crippen LogP contribution in [0.2, 0.25) is 0 Å². The highest BCUT2D eigenvalue weighted by Gasteiger charge is 2.19. The van der Waals surface area contributed by atoms with Crippen molar-refractivity contribution in [1.82, 2.24) is 5.32 Å². The number of allylic oxidation sites excluding steroid dienone is 1. The van der Waals surface area contributed by atoms with Gasteiger partial charge < -0.3 is 10.1 Å². The normalized spacial score (nSPS) is 17.3. The molecule has 1 aromatic rings. The Kier molecular flexibility index (Phi) is 4.03. The van der Waals surface area contributed by atoms with Gasteiger partial charge in [-0.2, -0.15) is 0 Å². The molecule has 18 heavy (non-hydrogen) atoms. The summed E-state index contributed by atoms with van der Waals surface area (Å²) in [4.78, 5) is 11.5. The minimum atomic E-state index is -0.0196. The van der Waals surface area contributed by atoms with Gasteiger partial charge in [0.15, 0.2) is 0 Å². The molecular weight excluding hydrogens is 226 g/mol. The average molecular weight is 245 g/mol. The fourth-order valence-corrected chi connectivity index (χ4v) is 2.08. The molecule has 1 atom stereocenters. The van der Waals surface area contributed by atoms with Crippen molar-refractivity contribution in [2.45, 2.75) is 20.3 Å². The molecule has 0 spiro atoms. The third-order valence-corrected chi connectivity index (χ3v) is 2.94. The standard InChI is InChI=1S/C15H19NO2/c1-11(2)7-15(17)16-9-12-8-13-5-3-4-6-14(13)18-10-12/h3-7,12H,8-10H2,1-2H3,(H,16,17). The zero-order valence-corrected chi connectivity index (χ0v) is 10.9. The van der Waals surface area contributed by atoms with Crippen LogP contribution in [0.1, 0.15) is 19.4 Å². The summed E-state index contributed by atoms with van der Waals surface area (Å²) in [5.41, 5.74) is 2.24. The van der Waals surface area contributed by atoms with Crippen LogP contribution in [0.4, 0.5) is 0 Å². The zero-order chi connectivity index (χ0) is 13.0. The Morgan fingerprint density at radius 1 is 1.44 bits per heavy atom. The van der Waals surface area contributed by atoms with Gasteiger partial charge in [-0.15, -0.1) is 0 Å². The first-order valence-electron chi connectivity index (χ1n) is 6.28. The van der Waals surface area contributed by atoms with Crippen LogP contribution in [0.5, 0.6) is 5.75 Å². The molecule has 3 nitrogen and oxygen atoms in total. The topological polar surface area (TPSA) is 38.3 Å². The lowest BCUT2D eigenvalue weighted by Crippen LogP contribution is -2.34. The van der Waals surface area contributed by atoms with E-state index in [0.717, 1.165) is 17.7 Å². The van der Waals surface area contributed by atoms with Crippen molar-refractivity contribution in [3.63, 3.8) is 0 Å². The predicted molar refractivity (Wildman–Crippen MR) is 71.6 cm³/mol. The fraction of sp³-hybridized carbons (Fsp3) is 0.400. The highest BCUT2D eigenvalue weighted by molar-refractivity contribution is 5.87. The number of hydrogen-bond donors (Lipinski definition) is 1. The van der Waals surface area contributed by atoms with Gasteiger partial charge in [-0.25, -0.2) is 0 Å². The molecule has 1 aliphatic heterocycles. The summed E-state index contributed by atoms with van der Waals surface area (Å²) in [7, 11) is 0. The predicted octanol–water partition coefficient (Wildman–Crippen LogP) is 2.32. The molecule has 0 aromatic heterocycles. The summed E-state index contributed by atoms with van der Waals surface area (Å²) in [5, 5.41) is 2.92. The molecule has 0 aliphatic carbocycles. The quantitative estimate of drug-likeness (QED) is 0.830. The van der Waals surface area contributed by atoms with E-state index in [1.807, 2.05) is 32.0 Å². The van der Waals surface area contributed by atoms with Crippen molar-refractivity contribution < 1.29 is 9.53 Å². The van der Waals surface area contributed by atoms with Crippen molar-refractivity contribution in [1.29, 1.82) is 0 Å². The summed E-state index contributed by atoms with van der Waals surface area (Å²) in [5.74, 6) is 1.31. The Labute approximate surface area is 108 Å². The first kappa shape index (κ1) is 12.7. The minimum Gasteiger partial charge on any atom is -0.493 e. The molecule has 1 amide bonds. The molecule has 1 N–H and O–H groups in total. The van der Waals surface area contributed by atoms with Crippen molar-refractivity contribution in [2.24, 2.45) is 5.92 Å². The van der Waals surface area contributed by atoms with E-state index >= 15 is 0 Å². The Balaban J connectivity index is 1.87. The number of ether oxygens (including phenoxy) is 1. The smallest absolute Gasteiger partial charge is 0.243 e. The van der Waals surface area contributed by atoms with Crippen molar-refractivity contribution >= 4 is 5.91 Å². The van der Waals surface area contributed by atoms with Gasteiger partial charge in [0.25, 0.3) is 0 Å². The Morgan fingerprint density at radius 3 is 3.00 bits per heavy atom. The third kappa shape index (κ3) is 3.36. The summed E-state index contributed by atoms with van der Waals surface area (Å²) in [6.07, 6.45) is 2.59. The van der Waals surface area contributed by atoms with E-state index in [1.165, 1.54) is 5.56 Å². The number of nitrogens with one attached hydrogen (secondary N) is 1. The molecule has 1 heterocycles. The Bertz CT molecular complexity index is 461. The second-order valence-corrected chi connectivity index (χ2v) is 4.96. The van der Waals surface area contributed by atoms with E-state index in [2.05, 4.69) is 11.4 Å². The molecule has 96 valence electrons. The maximum atomic E-state index is 11.5. The van der Waals surface area contributed by atoms with Crippen LogP contribution < -0.4 is 10.1 Å². The third-order valence-electron chi connectivity index (χ3n) is 2.94. The molecule has 2 rings (SSSR count). The summed E-state index contributed by atoms with van der Waals surface area (Å²) in [6, 6.07) is 8.08. The molecule has 3 heteroatoms. The van der Waals surface area contributed by atoms with E-state index in [-0.39, 0.29) is 5.91 Å². The van der Waals surface area contributed by atoms with E-state index in [9.17, 15) is 4.79 Å². The van der Waals surface area contributed by atoms with Gasteiger partial charge in [0, 0.05) is 18.5 Å². The van der Waals surface area contributed by atoms with Crippen LogP contribution in [-0.2, 0) is 11.2 Å². The first-order chi connectivity index (χ1) is 8.65. The monoisotopic (exact) mass is 245 g/mol. The van der Waals surface area contributed by atoms with E-state index in [4.69, 9.17) is 4.74 Å². The van der Waals surface area contributed by atoms with E-state index in [0.29, 0.717) is 19.1 Å². The SMILES string of the molecule is CC(C)=CC(=O)NCC1COc2ccccc2C1. The van der Waals surface area contributed by atoms with Crippen molar-refractivity contribution in [3.8, 4) is 5.75 Å². The average Bonchev–Trinajstić information content (AvgIpc) is 2.35. The van der Waals surface area contributed by atoms with Crippen molar-refractivity contribution in [2.75, 3.05) is 13.2 Å². The second kappa shape index (κ2) is 5.71. The number of fused-ring (bicyclic) bond motifs is 1. The lowest BCUT2D eigenvalue weighted by Gasteiger charge is -2.25. The Hall–Kier alpha value is -1.77. The molecule has 1 unspecified atom stereocenters. The number of carbonyl (C=O) groups excluding carboxylic acids is 1. The van der Waals surface area contributed by atoms with Crippen LogP contribution in [-0.4, -0.2) is 19.1 Å². The highest BCUT2D eigenvalue weighted by atomic mass is 16.5. The molecule has 0 fully saturated rings. The van der Waals surface area contributed by atoms with Crippen LogP contribution >= 0.6 is 0 Å². The summed E-state index contributed by atoms with van der Waals surface area (Å²) in [6.45, 7) is 5.17. The fourth-order valence-electron chi connectivity index (χ4n) is 2.08. The van der Waals surface area contributed by atoms with Gasteiger partial charge in [-0.3, -0.25) is 4.79 Å². The Morgan fingerprint density at radius 2 is 2.22 bits per heavy atom. The van der Waals surface area contributed by atoms with Crippen molar-refractivity contribution in [3.05, 3.63) is 41.5 Å². The molecule has 1 aromatic carbocycles. The van der Waals surface area contributed by atoms with Gasteiger partial charge in [0.05, 0.1) is 6.61 Å². The lowest BCUT2D eigenvalue weighted by molar-refractivity contribution is -0.116. The van der Waals surface area contributed by atoms with Crippen LogP contribution in [0.15, 0.2) is 35.9 Å². The maximum absolute atomic E-state index is 11.5. The largest absolute Gasteiger partial charge is 0.493 e. The highest BCUT2D eigenvalue weighted by Crippen LogP contribution is 2.26. The van der Waals surface area contributed by atoms with Crippen LogP contribution in [0, 0.1) is 5.92 Å². The number of benzene rings is 1. The van der Waals surface area contributed by atoms with Gasteiger partial charge in [-0.1, -0.05) is 23.8 Å². The van der Waals surface area contributed by atoms with Crippen LogP contribution in [0.3, 0.4) is 0 Å². The van der Waals surface area contributed by atoms with Gasteiger partial charge in [0.1, 0.15) is 5.75 Å². The second-order valence-electron chi connectivity index (χ2n) is 4.96. The molecule has 1 aliphatic rings. The molecule has 0 saturated carbocycles. The molecule has 0 saturated heterocycles. The number of para-hydroxylation sites is 1. The maximum Gasteiger partial charge on any atom is 0.243 e. The zero-order valence-electron chi connectivity index (χ0n) is 10.9. The van der Waals surface area contributed by atoms with E-state index < -0.39 is 0 Å². The minimum absolute atomic E-state index is 0.0196. The van der Waals surface area contributed by atoms with Gasteiger partial charge in [-0.05, 0) is 31.9 Å². The summed E-state index contributed by atoms with van der Waals surface area (Å²) < 4.78 is 5.68. The molecule has 0 radical (unpaired) electrons. The first-order valence-corrected chi connectivity index (χ1v) is 6.28. The number of rotatable bonds is 3. The number of hydrogen-bond acceptors (Lipinski definition) is 2. The summed E-state index contributed by atoms with van der Waals surface area (Å²) >= 11 is 0. The lowest BCUT2D eigenvalue weighted by atomic mass is 9.97. The van der Waals surface area contributed by atoms with E-state index in [1.54, 1.807) is 6.08 Å². The number of carbonyl (C=O) groups is 1. The van der Waals surface area contributed by atoms with Gasteiger partial charge in [0.2, 0.25) is 5.91 Å². The van der Waals surface area contributed by atoms with Gasteiger partial charge >= 0.3 is 0 Å².